The Hall–Kier alpha value is 0.0500. The van der Waals surface area contributed by atoms with Gasteiger partial charge < -0.3 is 25.4 Å². The molecule has 3 N–H and O–H groups in total. The molecule has 136 valence electrons. The zero-order chi connectivity index (χ0) is 17.5. The predicted octanol–water partition coefficient (Wildman–Crippen LogP) is -3.10. The van der Waals surface area contributed by atoms with Crippen LogP contribution in [0.2, 0.25) is 0 Å². The van der Waals surface area contributed by atoms with E-state index < -0.39 is 18.2 Å². The van der Waals surface area contributed by atoms with E-state index in [2.05, 4.69) is 12.2 Å². The van der Waals surface area contributed by atoms with E-state index in [1.54, 1.807) is 6.08 Å². The maximum atomic E-state index is 10.6. The molecule has 0 saturated carbocycles. The Kier molecular flexibility index (Phi) is 19.6. The van der Waals surface area contributed by atoms with Gasteiger partial charge in [-0.05, 0) is 19.3 Å². The molecule has 0 spiro atoms. The number of aliphatic hydroxyl groups is 2. The minimum Gasteiger partial charge on any atom is -0.550 e. The summed E-state index contributed by atoms with van der Waals surface area (Å²) in [6.07, 6.45) is 6.30. The van der Waals surface area contributed by atoms with Crippen molar-refractivity contribution < 1.29 is 49.7 Å². The predicted molar refractivity (Wildman–Crippen MR) is 89.9 cm³/mol. The van der Waals surface area contributed by atoms with Crippen molar-refractivity contribution in [2.75, 3.05) is 32.7 Å². The van der Waals surface area contributed by atoms with E-state index in [1.807, 2.05) is 17.9 Å². The SMILES string of the molecule is CC/C=C/C(O)CNCCN(CCC(=O)[O-])CC(O)CCCC.[Na+]. The molecule has 0 bridgehead atoms. The van der Waals surface area contributed by atoms with Crippen molar-refractivity contribution in [3.05, 3.63) is 12.2 Å². The van der Waals surface area contributed by atoms with Crippen molar-refractivity contribution in [2.24, 2.45) is 0 Å². The summed E-state index contributed by atoms with van der Waals surface area (Å²) >= 11 is 0. The van der Waals surface area contributed by atoms with Crippen molar-refractivity contribution in [3.8, 4) is 0 Å². The van der Waals surface area contributed by atoms with Crippen molar-refractivity contribution in [3.63, 3.8) is 0 Å². The fourth-order valence-corrected chi connectivity index (χ4v) is 2.22. The third kappa shape index (κ3) is 16.9. The quantitative estimate of drug-likeness (QED) is 0.164. The normalized spacial score (nSPS) is 13.9. The number of aliphatic carboxylic acids is 1. The van der Waals surface area contributed by atoms with E-state index in [4.69, 9.17) is 0 Å². The standard InChI is InChI=1S/C17H34N2O4.Na/c1-3-5-7-15(20)13-18-10-12-19(11-9-17(22)23)14-16(21)8-6-4-2;/h5,7,15-16,18,20-21H,3-4,6,8-14H2,1-2H3,(H,22,23);/q;+1/p-1/b7-5+;. The number of nitrogens with one attached hydrogen (secondary N) is 1. The van der Waals surface area contributed by atoms with Gasteiger partial charge in [0.15, 0.2) is 0 Å². The van der Waals surface area contributed by atoms with Crippen LogP contribution in [0.1, 0.15) is 46.0 Å². The molecule has 0 aliphatic heterocycles. The third-order valence-electron chi connectivity index (χ3n) is 3.54. The maximum absolute atomic E-state index is 10.6. The van der Waals surface area contributed by atoms with Crippen LogP contribution in [0, 0.1) is 0 Å². The van der Waals surface area contributed by atoms with Crippen LogP contribution in [0.15, 0.2) is 12.2 Å². The molecule has 0 aromatic rings. The maximum Gasteiger partial charge on any atom is 1.00 e. The van der Waals surface area contributed by atoms with Crippen LogP contribution in [0.4, 0.5) is 0 Å². The van der Waals surface area contributed by atoms with E-state index in [1.165, 1.54) is 0 Å². The number of rotatable bonds is 15. The van der Waals surface area contributed by atoms with Crippen LogP contribution >= 0.6 is 0 Å². The number of nitrogens with zero attached hydrogens (tertiary/aromatic N) is 1. The molecule has 6 nitrogen and oxygen atoms in total. The Labute approximate surface area is 168 Å². The van der Waals surface area contributed by atoms with E-state index in [0.717, 1.165) is 25.7 Å². The number of hydrogen-bond donors (Lipinski definition) is 3. The van der Waals surface area contributed by atoms with Gasteiger partial charge >= 0.3 is 29.6 Å². The molecule has 2 unspecified atom stereocenters. The van der Waals surface area contributed by atoms with Crippen LogP contribution in [0.25, 0.3) is 0 Å². The fourth-order valence-electron chi connectivity index (χ4n) is 2.22. The summed E-state index contributed by atoms with van der Waals surface area (Å²) < 4.78 is 0. The summed E-state index contributed by atoms with van der Waals surface area (Å²) in [5, 5.41) is 33.4. The first-order valence-electron chi connectivity index (χ1n) is 8.65. The molecule has 0 saturated heterocycles. The number of carbonyl (C=O) groups excluding carboxylic acids is 1. The van der Waals surface area contributed by atoms with E-state index >= 15 is 0 Å². The number of aliphatic hydroxyl groups excluding tert-OH is 2. The second kappa shape index (κ2) is 17.9. The smallest absolute Gasteiger partial charge is 0.550 e. The van der Waals surface area contributed by atoms with Gasteiger partial charge in [0, 0.05) is 38.7 Å². The zero-order valence-corrected chi connectivity index (χ0v) is 17.5. The van der Waals surface area contributed by atoms with Crippen LogP contribution < -0.4 is 40.0 Å². The molecule has 0 rings (SSSR count). The second-order valence-corrected chi connectivity index (χ2v) is 5.83. The Balaban J connectivity index is 0. The zero-order valence-electron chi connectivity index (χ0n) is 15.5. The molecule has 0 heterocycles. The van der Waals surface area contributed by atoms with E-state index in [-0.39, 0.29) is 36.0 Å². The van der Waals surface area contributed by atoms with Gasteiger partial charge in [0.05, 0.1) is 12.2 Å². The van der Waals surface area contributed by atoms with Crippen LogP contribution in [0.3, 0.4) is 0 Å². The molecule has 0 aliphatic carbocycles. The molecule has 0 aromatic carbocycles. The molecule has 0 aromatic heterocycles. The number of hydrogen-bond acceptors (Lipinski definition) is 6. The average Bonchev–Trinajstić information content (AvgIpc) is 2.52. The minimum absolute atomic E-state index is 0. The molecule has 0 radical (unpaired) electrons. The topological polar surface area (TPSA) is 95.9 Å². The molecule has 7 heteroatoms. The van der Waals surface area contributed by atoms with Crippen LogP contribution in [0.5, 0.6) is 0 Å². The van der Waals surface area contributed by atoms with Gasteiger partial charge in [-0.25, -0.2) is 0 Å². The molecular weight excluding hydrogens is 319 g/mol. The van der Waals surface area contributed by atoms with Gasteiger partial charge in [0.2, 0.25) is 0 Å². The molecule has 24 heavy (non-hydrogen) atoms. The summed E-state index contributed by atoms with van der Waals surface area (Å²) in [6.45, 7) is 6.63. The summed E-state index contributed by atoms with van der Waals surface area (Å²) in [4.78, 5) is 12.6. The fraction of sp³-hybridized carbons (Fsp3) is 0.824. The van der Waals surface area contributed by atoms with E-state index in [0.29, 0.717) is 32.7 Å². The summed E-state index contributed by atoms with van der Waals surface area (Å²) in [6, 6.07) is 0. The Morgan fingerprint density at radius 3 is 2.58 bits per heavy atom. The van der Waals surface area contributed by atoms with Crippen molar-refractivity contribution >= 4 is 5.97 Å². The monoisotopic (exact) mass is 352 g/mol. The van der Waals surface area contributed by atoms with Gasteiger partial charge in [-0.15, -0.1) is 0 Å². The molecule has 0 amide bonds. The Morgan fingerprint density at radius 2 is 2.00 bits per heavy atom. The third-order valence-corrected chi connectivity index (χ3v) is 3.54. The van der Waals surface area contributed by atoms with Gasteiger partial charge in [-0.1, -0.05) is 38.8 Å². The largest absolute Gasteiger partial charge is 1.00 e. The Morgan fingerprint density at radius 1 is 1.29 bits per heavy atom. The first-order valence-corrected chi connectivity index (χ1v) is 8.65. The first-order chi connectivity index (χ1) is 11.0. The van der Waals surface area contributed by atoms with Crippen LogP contribution in [-0.2, 0) is 4.79 Å². The van der Waals surface area contributed by atoms with Crippen molar-refractivity contribution in [1.29, 1.82) is 0 Å². The van der Waals surface area contributed by atoms with E-state index in [9.17, 15) is 20.1 Å². The number of allylic oxidation sites excluding steroid dienone is 1. The number of carboxylic acid groups (broad SMARTS) is 1. The van der Waals surface area contributed by atoms with Gasteiger partial charge in [0.25, 0.3) is 0 Å². The molecule has 2 atom stereocenters. The minimum atomic E-state index is -1.08. The molecule has 0 fully saturated rings. The van der Waals surface area contributed by atoms with Gasteiger partial charge in [0.1, 0.15) is 0 Å². The summed E-state index contributed by atoms with van der Waals surface area (Å²) in [7, 11) is 0. The summed E-state index contributed by atoms with van der Waals surface area (Å²) in [5.74, 6) is -1.08. The molecule has 0 aliphatic rings. The average molecular weight is 352 g/mol. The molecular formula is C17H33N2NaO4. The first kappa shape index (κ1) is 26.3. The number of carbonyl (C=O) groups is 1. The number of unbranched alkanes of at least 4 members (excludes halogenated alkanes) is 1. The Bertz CT molecular complexity index is 330. The van der Waals surface area contributed by atoms with Gasteiger partial charge in [-0.3, -0.25) is 4.90 Å². The second-order valence-electron chi connectivity index (χ2n) is 5.83. The summed E-state index contributed by atoms with van der Waals surface area (Å²) in [5.41, 5.74) is 0. The van der Waals surface area contributed by atoms with Crippen molar-refractivity contribution in [2.45, 2.75) is 58.2 Å². The van der Waals surface area contributed by atoms with Crippen molar-refractivity contribution in [1.82, 2.24) is 10.2 Å². The van der Waals surface area contributed by atoms with Gasteiger partial charge in [-0.2, -0.15) is 0 Å². The number of carboxylic acids is 1. The van der Waals surface area contributed by atoms with Crippen LogP contribution in [-0.4, -0.2) is 66.0 Å².